The first-order valence-electron chi connectivity index (χ1n) is 9.89. The highest BCUT2D eigenvalue weighted by molar-refractivity contribution is 5.83. The average Bonchev–Trinajstić information content (AvgIpc) is 3.06. The van der Waals surface area contributed by atoms with Crippen LogP contribution >= 0.6 is 0 Å². The molecule has 2 N–H and O–H groups in total. The smallest absolute Gasteiger partial charge is 0.164 e. The minimum Gasteiger partial charge on any atom is -0.493 e. The molecule has 27 heavy (non-hydrogen) atoms. The van der Waals surface area contributed by atoms with Gasteiger partial charge in [-0.25, -0.2) is 0 Å². The summed E-state index contributed by atoms with van der Waals surface area (Å²) in [6.07, 6.45) is 2.75. The number of carbonyl (C=O) groups is 1. The van der Waals surface area contributed by atoms with Crippen LogP contribution in [-0.2, 0) is 11.2 Å². The fourth-order valence-electron chi connectivity index (χ4n) is 5.48. The quantitative estimate of drug-likeness (QED) is 0.875. The topological polar surface area (TPSA) is 64.8 Å². The SMILES string of the molecule is COc1ccc2c(c1OC)CCN1C[C@H]([C@@H]3C[C@@H](CF)CC3=O)[C@@H](N)CC21. The predicted octanol–water partition coefficient (Wildman–Crippen LogP) is 2.52. The van der Waals surface area contributed by atoms with Crippen molar-refractivity contribution in [3.05, 3.63) is 23.3 Å². The van der Waals surface area contributed by atoms with Crippen molar-refractivity contribution in [2.75, 3.05) is 34.0 Å². The van der Waals surface area contributed by atoms with Crippen molar-refractivity contribution >= 4 is 5.78 Å². The van der Waals surface area contributed by atoms with E-state index < -0.39 is 6.67 Å². The van der Waals surface area contributed by atoms with E-state index in [1.165, 1.54) is 11.1 Å². The number of nitrogens with zero attached hydrogens (tertiary/aromatic N) is 1. The van der Waals surface area contributed by atoms with Crippen molar-refractivity contribution in [3.8, 4) is 11.5 Å². The molecular weight excluding hydrogens is 347 g/mol. The Morgan fingerprint density at radius 1 is 1.26 bits per heavy atom. The van der Waals surface area contributed by atoms with Crippen LogP contribution in [0.15, 0.2) is 12.1 Å². The van der Waals surface area contributed by atoms with Gasteiger partial charge < -0.3 is 15.2 Å². The van der Waals surface area contributed by atoms with Gasteiger partial charge in [0.15, 0.2) is 11.5 Å². The van der Waals surface area contributed by atoms with Crippen LogP contribution in [0.3, 0.4) is 0 Å². The molecular formula is C21H29FN2O3. The molecule has 5 nitrogen and oxygen atoms in total. The number of rotatable bonds is 4. The number of Topliss-reactive ketones (excluding diaryl/α,β-unsaturated/α-hetero) is 1. The number of ether oxygens (including phenoxy) is 2. The normalized spacial score (nSPS) is 33.5. The molecule has 0 bridgehead atoms. The molecule has 1 saturated carbocycles. The zero-order valence-corrected chi connectivity index (χ0v) is 16.1. The molecule has 6 heteroatoms. The fraction of sp³-hybridized carbons (Fsp3) is 0.667. The van der Waals surface area contributed by atoms with E-state index in [1.54, 1.807) is 14.2 Å². The van der Waals surface area contributed by atoms with E-state index in [0.29, 0.717) is 12.8 Å². The highest BCUT2D eigenvalue weighted by Gasteiger charge is 2.46. The Balaban J connectivity index is 1.58. The largest absolute Gasteiger partial charge is 0.493 e. The average molecular weight is 376 g/mol. The highest BCUT2D eigenvalue weighted by atomic mass is 19.1. The van der Waals surface area contributed by atoms with Crippen molar-refractivity contribution < 1.29 is 18.7 Å². The molecule has 5 atom stereocenters. The molecule has 3 aliphatic rings. The molecule has 1 aromatic carbocycles. The lowest BCUT2D eigenvalue weighted by Crippen LogP contribution is -2.53. The summed E-state index contributed by atoms with van der Waals surface area (Å²) in [5.41, 5.74) is 9.03. The lowest BCUT2D eigenvalue weighted by Gasteiger charge is -2.47. The van der Waals surface area contributed by atoms with E-state index in [9.17, 15) is 9.18 Å². The van der Waals surface area contributed by atoms with Gasteiger partial charge in [0.2, 0.25) is 0 Å². The van der Waals surface area contributed by atoms with Gasteiger partial charge in [-0.2, -0.15) is 0 Å². The first kappa shape index (κ1) is 18.7. The van der Waals surface area contributed by atoms with Gasteiger partial charge >= 0.3 is 0 Å². The second-order valence-electron chi connectivity index (χ2n) is 8.23. The van der Waals surface area contributed by atoms with Gasteiger partial charge in [0.1, 0.15) is 5.78 Å². The molecule has 0 radical (unpaired) electrons. The van der Waals surface area contributed by atoms with Crippen molar-refractivity contribution in [1.29, 1.82) is 0 Å². The summed E-state index contributed by atoms with van der Waals surface area (Å²) in [5.74, 6) is 1.74. The lowest BCUT2D eigenvalue weighted by atomic mass is 9.75. The Morgan fingerprint density at radius 3 is 2.74 bits per heavy atom. The van der Waals surface area contributed by atoms with E-state index in [-0.39, 0.29) is 35.6 Å². The standard InChI is InChI=1S/C21H29FN2O3/c1-26-20-4-3-13-14(21(20)27-2)5-6-24-11-16(17(23)9-18(13)24)15-7-12(10-22)8-19(15)25/h3-4,12,15-18H,5-11,23H2,1-2H3/t12-,15+,16-,17+,18?/m1/s1. The van der Waals surface area contributed by atoms with Crippen LogP contribution in [0, 0.1) is 17.8 Å². The zero-order valence-electron chi connectivity index (χ0n) is 16.1. The van der Waals surface area contributed by atoms with E-state index in [1.807, 2.05) is 6.07 Å². The van der Waals surface area contributed by atoms with Gasteiger partial charge in [0, 0.05) is 43.1 Å². The number of carbonyl (C=O) groups excluding carboxylic acids is 1. The van der Waals surface area contributed by atoms with Crippen LogP contribution in [0.1, 0.15) is 36.4 Å². The van der Waals surface area contributed by atoms with Gasteiger partial charge in [-0.3, -0.25) is 14.1 Å². The number of nitrogens with two attached hydrogens (primary N) is 1. The van der Waals surface area contributed by atoms with Gasteiger partial charge in [0.05, 0.1) is 20.9 Å². The molecule has 2 heterocycles. The van der Waals surface area contributed by atoms with Crippen LogP contribution in [-0.4, -0.2) is 50.7 Å². The van der Waals surface area contributed by atoms with E-state index >= 15 is 0 Å². The third-order valence-corrected chi connectivity index (χ3v) is 6.85. The van der Waals surface area contributed by atoms with Crippen LogP contribution < -0.4 is 15.2 Å². The number of alkyl halides is 1. The Bertz CT molecular complexity index is 726. The molecule has 1 aromatic rings. The molecule has 1 aliphatic carbocycles. The van der Waals surface area contributed by atoms with Crippen molar-refractivity contribution in [2.45, 2.75) is 37.8 Å². The first-order chi connectivity index (χ1) is 13.1. The minimum atomic E-state index is -0.397. The summed E-state index contributed by atoms with van der Waals surface area (Å²) < 4.78 is 24.1. The van der Waals surface area contributed by atoms with Crippen LogP contribution in [0.5, 0.6) is 11.5 Å². The Hall–Kier alpha value is -1.66. The third-order valence-electron chi connectivity index (χ3n) is 6.85. The summed E-state index contributed by atoms with van der Waals surface area (Å²) in [4.78, 5) is 14.9. The first-order valence-corrected chi connectivity index (χ1v) is 9.89. The molecule has 2 fully saturated rings. The van der Waals surface area contributed by atoms with Crippen LogP contribution in [0.4, 0.5) is 4.39 Å². The molecule has 0 amide bonds. The Morgan fingerprint density at radius 2 is 2.07 bits per heavy atom. The minimum absolute atomic E-state index is 0.0439. The maximum Gasteiger partial charge on any atom is 0.164 e. The van der Waals surface area contributed by atoms with Gasteiger partial charge in [0.25, 0.3) is 0 Å². The van der Waals surface area contributed by atoms with Crippen LogP contribution in [0.25, 0.3) is 0 Å². The number of halogens is 1. The van der Waals surface area contributed by atoms with Gasteiger partial charge in [-0.05, 0) is 42.7 Å². The molecule has 0 aromatic heterocycles. The summed E-state index contributed by atoms with van der Waals surface area (Å²) in [5, 5.41) is 0. The van der Waals surface area contributed by atoms with Crippen molar-refractivity contribution in [1.82, 2.24) is 4.90 Å². The highest BCUT2D eigenvalue weighted by Crippen LogP contribution is 2.46. The predicted molar refractivity (Wildman–Crippen MR) is 101 cm³/mol. The monoisotopic (exact) mass is 376 g/mol. The van der Waals surface area contributed by atoms with Crippen LogP contribution in [0.2, 0.25) is 0 Å². The second-order valence-corrected chi connectivity index (χ2v) is 8.23. The summed E-state index contributed by atoms with van der Waals surface area (Å²) >= 11 is 0. The van der Waals surface area contributed by atoms with Crippen molar-refractivity contribution in [3.63, 3.8) is 0 Å². The summed E-state index contributed by atoms with van der Waals surface area (Å²) in [6, 6.07) is 4.29. The summed E-state index contributed by atoms with van der Waals surface area (Å²) in [7, 11) is 3.34. The Kier molecular flexibility index (Phi) is 5.12. The molecule has 148 valence electrons. The van der Waals surface area contributed by atoms with E-state index in [2.05, 4.69) is 11.0 Å². The fourth-order valence-corrected chi connectivity index (χ4v) is 5.48. The third kappa shape index (κ3) is 3.13. The number of piperidine rings is 1. The zero-order chi connectivity index (χ0) is 19.1. The molecule has 1 unspecified atom stereocenters. The molecule has 4 rings (SSSR count). The lowest BCUT2D eigenvalue weighted by molar-refractivity contribution is -0.123. The van der Waals surface area contributed by atoms with E-state index in [4.69, 9.17) is 15.2 Å². The number of hydrogen-bond acceptors (Lipinski definition) is 5. The Labute approximate surface area is 160 Å². The van der Waals surface area contributed by atoms with Gasteiger partial charge in [-0.1, -0.05) is 6.07 Å². The van der Waals surface area contributed by atoms with Gasteiger partial charge in [-0.15, -0.1) is 0 Å². The molecule has 1 saturated heterocycles. The van der Waals surface area contributed by atoms with E-state index in [0.717, 1.165) is 37.4 Å². The number of methoxy groups -OCH3 is 2. The second kappa shape index (κ2) is 7.40. The number of fused-ring (bicyclic) bond motifs is 3. The maximum absolute atomic E-state index is 13.1. The molecule has 0 spiro atoms. The number of ketones is 1. The number of benzene rings is 1. The van der Waals surface area contributed by atoms with Crippen molar-refractivity contribution in [2.24, 2.45) is 23.5 Å². The summed E-state index contributed by atoms with van der Waals surface area (Å²) in [6.45, 7) is 1.33. The maximum atomic E-state index is 13.1. The molecule has 2 aliphatic heterocycles. The number of hydrogen-bond donors (Lipinski definition) is 1.